The summed E-state index contributed by atoms with van der Waals surface area (Å²) in [6.07, 6.45) is 7.09. The zero-order chi connectivity index (χ0) is 13.0. The van der Waals surface area contributed by atoms with Gasteiger partial charge in [-0.15, -0.1) is 0 Å². The SMILES string of the molecule is CN1CCC(C(CNC2CCCC2)C(=O)O)CC1. The van der Waals surface area contributed by atoms with Crippen molar-refractivity contribution >= 4 is 5.97 Å². The van der Waals surface area contributed by atoms with Crippen LogP contribution in [0.1, 0.15) is 38.5 Å². The molecule has 1 aliphatic heterocycles. The van der Waals surface area contributed by atoms with E-state index in [-0.39, 0.29) is 5.92 Å². The Morgan fingerprint density at radius 3 is 2.44 bits per heavy atom. The molecular weight excluding hydrogens is 228 g/mol. The summed E-state index contributed by atoms with van der Waals surface area (Å²) in [4.78, 5) is 13.7. The van der Waals surface area contributed by atoms with Gasteiger partial charge in [-0.2, -0.15) is 0 Å². The summed E-state index contributed by atoms with van der Waals surface area (Å²) >= 11 is 0. The maximum atomic E-state index is 11.4. The molecule has 2 aliphatic rings. The van der Waals surface area contributed by atoms with Gasteiger partial charge < -0.3 is 15.3 Å². The Labute approximate surface area is 110 Å². The molecular formula is C14H26N2O2. The van der Waals surface area contributed by atoms with Crippen molar-refractivity contribution in [3.8, 4) is 0 Å². The maximum absolute atomic E-state index is 11.4. The van der Waals surface area contributed by atoms with Crippen molar-refractivity contribution in [3.05, 3.63) is 0 Å². The van der Waals surface area contributed by atoms with Crippen molar-refractivity contribution in [1.29, 1.82) is 0 Å². The van der Waals surface area contributed by atoms with E-state index < -0.39 is 5.97 Å². The number of likely N-dealkylation sites (tertiary alicyclic amines) is 1. The van der Waals surface area contributed by atoms with Gasteiger partial charge in [0.15, 0.2) is 0 Å². The number of carboxylic acids is 1. The lowest BCUT2D eigenvalue weighted by Gasteiger charge is -2.33. The van der Waals surface area contributed by atoms with Crippen molar-refractivity contribution in [2.45, 2.75) is 44.6 Å². The number of hydrogen-bond donors (Lipinski definition) is 2. The van der Waals surface area contributed by atoms with Crippen LogP contribution in [0.3, 0.4) is 0 Å². The molecule has 0 aromatic heterocycles. The van der Waals surface area contributed by atoms with E-state index in [0.717, 1.165) is 25.9 Å². The van der Waals surface area contributed by atoms with Crippen LogP contribution in [0.25, 0.3) is 0 Å². The molecule has 0 amide bonds. The van der Waals surface area contributed by atoms with E-state index >= 15 is 0 Å². The molecule has 0 aromatic rings. The van der Waals surface area contributed by atoms with E-state index in [2.05, 4.69) is 17.3 Å². The fraction of sp³-hybridized carbons (Fsp3) is 0.929. The summed E-state index contributed by atoms with van der Waals surface area (Å²) in [5.41, 5.74) is 0. The van der Waals surface area contributed by atoms with E-state index in [9.17, 15) is 9.90 Å². The standard InChI is InChI=1S/C14H26N2O2/c1-16-8-6-11(7-9-16)13(14(17)18)10-15-12-4-2-3-5-12/h11-13,15H,2-10H2,1H3,(H,17,18). The van der Waals surface area contributed by atoms with Gasteiger partial charge in [-0.05, 0) is 51.7 Å². The normalized spacial score (nSPS) is 25.4. The van der Waals surface area contributed by atoms with Gasteiger partial charge in [0.2, 0.25) is 0 Å². The lowest BCUT2D eigenvalue weighted by Crippen LogP contribution is -2.42. The lowest BCUT2D eigenvalue weighted by atomic mass is 9.84. The quantitative estimate of drug-likeness (QED) is 0.782. The highest BCUT2D eigenvalue weighted by atomic mass is 16.4. The summed E-state index contributed by atoms with van der Waals surface area (Å²) in [5, 5.41) is 12.9. The van der Waals surface area contributed by atoms with Crippen LogP contribution < -0.4 is 5.32 Å². The molecule has 1 heterocycles. The Morgan fingerprint density at radius 2 is 1.89 bits per heavy atom. The predicted molar refractivity (Wildman–Crippen MR) is 71.6 cm³/mol. The molecule has 2 N–H and O–H groups in total. The second-order valence-electron chi connectivity index (χ2n) is 5.98. The summed E-state index contributed by atoms with van der Waals surface area (Å²) in [5.74, 6) is -0.457. The van der Waals surface area contributed by atoms with Crippen LogP contribution in [0, 0.1) is 11.8 Å². The van der Waals surface area contributed by atoms with Crippen molar-refractivity contribution in [1.82, 2.24) is 10.2 Å². The molecule has 1 atom stereocenters. The van der Waals surface area contributed by atoms with Crippen LogP contribution in [0.2, 0.25) is 0 Å². The third-order valence-corrected chi connectivity index (χ3v) is 4.63. The molecule has 1 saturated heterocycles. The van der Waals surface area contributed by atoms with Crippen LogP contribution in [0.5, 0.6) is 0 Å². The Kier molecular flexibility index (Phi) is 5.01. The Morgan fingerprint density at radius 1 is 1.28 bits per heavy atom. The van der Waals surface area contributed by atoms with E-state index in [4.69, 9.17) is 0 Å². The summed E-state index contributed by atoms with van der Waals surface area (Å²) < 4.78 is 0. The van der Waals surface area contributed by atoms with Crippen LogP contribution in [0.4, 0.5) is 0 Å². The molecule has 0 bridgehead atoms. The summed E-state index contributed by atoms with van der Waals surface area (Å²) in [6, 6.07) is 0.568. The summed E-state index contributed by atoms with van der Waals surface area (Å²) in [7, 11) is 2.11. The molecule has 1 unspecified atom stereocenters. The fourth-order valence-electron chi connectivity index (χ4n) is 3.31. The lowest BCUT2D eigenvalue weighted by molar-refractivity contribution is -0.144. The second-order valence-corrected chi connectivity index (χ2v) is 5.98. The maximum Gasteiger partial charge on any atom is 0.308 e. The Bertz CT molecular complexity index is 269. The number of aliphatic carboxylic acids is 1. The Balaban J connectivity index is 1.81. The van der Waals surface area contributed by atoms with Gasteiger partial charge in [0.25, 0.3) is 0 Å². The van der Waals surface area contributed by atoms with Crippen LogP contribution in [-0.2, 0) is 4.79 Å². The fourth-order valence-corrected chi connectivity index (χ4v) is 3.31. The van der Waals surface area contributed by atoms with E-state index in [1.165, 1.54) is 25.7 Å². The highest BCUT2D eigenvalue weighted by Crippen LogP contribution is 2.25. The molecule has 4 heteroatoms. The monoisotopic (exact) mass is 254 g/mol. The number of rotatable bonds is 5. The first-order chi connectivity index (χ1) is 8.66. The number of carbonyl (C=O) groups is 1. The topological polar surface area (TPSA) is 52.6 Å². The minimum atomic E-state index is -0.616. The first-order valence-electron chi connectivity index (χ1n) is 7.31. The minimum absolute atomic E-state index is 0.195. The zero-order valence-electron chi connectivity index (χ0n) is 11.4. The highest BCUT2D eigenvalue weighted by Gasteiger charge is 2.31. The molecule has 1 saturated carbocycles. The number of nitrogens with zero attached hydrogens (tertiary/aromatic N) is 1. The van der Waals surface area contributed by atoms with Crippen LogP contribution in [-0.4, -0.2) is 48.7 Å². The van der Waals surface area contributed by atoms with E-state index in [1.54, 1.807) is 0 Å². The molecule has 18 heavy (non-hydrogen) atoms. The average Bonchev–Trinajstić information content (AvgIpc) is 2.84. The molecule has 2 rings (SSSR count). The molecule has 1 aliphatic carbocycles. The van der Waals surface area contributed by atoms with Gasteiger partial charge in [0.05, 0.1) is 5.92 Å². The predicted octanol–water partition coefficient (Wildman–Crippen LogP) is 1.56. The number of carboxylic acid groups (broad SMARTS) is 1. The number of hydrogen-bond acceptors (Lipinski definition) is 3. The average molecular weight is 254 g/mol. The first-order valence-corrected chi connectivity index (χ1v) is 7.31. The van der Waals surface area contributed by atoms with Gasteiger partial charge in [-0.1, -0.05) is 12.8 Å². The molecule has 2 fully saturated rings. The second kappa shape index (κ2) is 6.53. The van der Waals surface area contributed by atoms with E-state index in [1.807, 2.05) is 0 Å². The Hall–Kier alpha value is -0.610. The van der Waals surface area contributed by atoms with Gasteiger partial charge in [0.1, 0.15) is 0 Å². The first kappa shape index (κ1) is 13.8. The van der Waals surface area contributed by atoms with Gasteiger partial charge in [0, 0.05) is 12.6 Å². The summed E-state index contributed by atoms with van der Waals surface area (Å²) in [6.45, 7) is 2.74. The third-order valence-electron chi connectivity index (χ3n) is 4.63. The zero-order valence-corrected chi connectivity index (χ0v) is 11.4. The highest BCUT2D eigenvalue weighted by molar-refractivity contribution is 5.70. The van der Waals surface area contributed by atoms with Crippen LogP contribution in [0.15, 0.2) is 0 Å². The minimum Gasteiger partial charge on any atom is -0.481 e. The van der Waals surface area contributed by atoms with Crippen LogP contribution >= 0.6 is 0 Å². The molecule has 0 spiro atoms. The van der Waals surface area contributed by atoms with E-state index in [0.29, 0.717) is 18.5 Å². The number of piperidine rings is 1. The molecule has 0 aromatic carbocycles. The van der Waals surface area contributed by atoms with Crippen molar-refractivity contribution in [2.75, 3.05) is 26.7 Å². The molecule has 0 radical (unpaired) electrons. The van der Waals surface area contributed by atoms with Crippen molar-refractivity contribution < 1.29 is 9.90 Å². The molecule has 104 valence electrons. The smallest absolute Gasteiger partial charge is 0.308 e. The van der Waals surface area contributed by atoms with Crippen molar-refractivity contribution in [2.24, 2.45) is 11.8 Å². The largest absolute Gasteiger partial charge is 0.481 e. The number of nitrogens with one attached hydrogen (secondary N) is 1. The van der Waals surface area contributed by atoms with Gasteiger partial charge >= 0.3 is 5.97 Å². The van der Waals surface area contributed by atoms with Gasteiger partial charge in [-0.25, -0.2) is 0 Å². The molecule has 4 nitrogen and oxygen atoms in total. The van der Waals surface area contributed by atoms with Gasteiger partial charge in [-0.3, -0.25) is 4.79 Å². The van der Waals surface area contributed by atoms with Crippen molar-refractivity contribution in [3.63, 3.8) is 0 Å². The third kappa shape index (κ3) is 3.69.